The monoisotopic (exact) mass is 337 g/mol. The van der Waals surface area contributed by atoms with Crippen LogP contribution in [-0.4, -0.2) is 42.0 Å². The van der Waals surface area contributed by atoms with E-state index in [2.05, 4.69) is 0 Å². The maximum atomic E-state index is 12.3. The number of hydrogen-bond donors (Lipinski definition) is 0. The van der Waals surface area contributed by atoms with Crippen LogP contribution in [0.1, 0.15) is 12.5 Å². The first-order valence-corrected chi connectivity index (χ1v) is 8.09. The van der Waals surface area contributed by atoms with E-state index in [0.717, 1.165) is 5.56 Å². The Kier molecular flexibility index (Phi) is 4.26. The first-order valence-electron chi connectivity index (χ1n) is 6.87. The Bertz CT molecular complexity index is 655. The first kappa shape index (κ1) is 15.2. The predicted octanol–water partition coefficient (Wildman–Crippen LogP) is 2.69. The van der Waals surface area contributed by atoms with Crippen molar-refractivity contribution in [1.29, 1.82) is 0 Å². The van der Waals surface area contributed by atoms with Crippen LogP contribution in [0.2, 0.25) is 0 Å². The van der Waals surface area contributed by atoms with Gasteiger partial charge in [0.2, 0.25) is 5.75 Å². The zero-order valence-electron chi connectivity index (χ0n) is 12.3. The molecule has 5 nitrogen and oxygen atoms in total. The van der Waals surface area contributed by atoms with Crippen LogP contribution < -0.4 is 14.2 Å². The maximum absolute atomic E-state index is 12.3. The number of likely N-dealkylation sites (N-methyl/N-ethyl adjacent to an activating group) is 1. The largest absolute Gasteiger partial charge is 0.493 e. The molecule has 116 valence electrons. The number of fused-ring (bicyclic) bond motifs is 1. The van der Waals surface area contributed by atoms with Crippen LogP contribution in [0.25, 0.3) is 6.08 Å². The zero-order valence-corrected chi connectivity index (χ0v) is 13.9. The number of amides is 1. The van der Waals surface area contributed by atoms with Crippen molar-refractivity contribution in [3.63, 3.8) is 0 Å². The van der Waals surface area contributed by atoms with Crippen LogP contribution >= 0.6 is 24.0 Å². The van der Waals surface area contributed by atoms with E-state index < -0.39 is 0 Å². The molecule has 0 spiro atoms. The number of thiocarbonyl (C=S) groups is 1. The minimum absolute atomic E-state index is 0.0636. The molecule has 1 aromatic rings. The van der Waals surface area contributed by atoms with Crippen molar-refractivity contribution in [2.45, 2.75) is 6.92 Å². The lowest BCUT2D eigenvalue weighted by Gasteiger charge is -2.21. The molecule has 2 heterocycles. The molecule has 0 unspecified atom stereocenters. The second-order valence-corrected chi connectivity index (χ2v) is 6.35. The smallest absolute Gasteiger partial charge is 0.266 e. The predicted molar refractivity (Wildman–Crippen MR) is 89.5 cm³/mol. The van der Waals surface area contributed by atoms with Crippen LogP contribution in [0, 0.1) is 0 Å². The van der Waals surface area contributed by atoms with Crippen LogP contribution in [0.3, 0.4) is 0 Å². The van der Waals surface area contributed by atoms with Crippen molar-refractivity contribution >= 4 is 40.3 Å². The number of thioether (sulfide) groups is 1. The molecular weight excluding hydrogens is 322 g/mol. The summed E-state index contributed by atoms with van der Waals surface area (Å²) >= 11 is 6.52. The van der Waals surface area contributed by atoms with Crippen molar-refractivity contribution < 1.29 is 19.0 Å². The van der Waals surface area contributed by atoms with Gasteiger partial charge in [-0.05, 0) is 30.7 Å². The molecule has 3 rings (SSSR count). The summed E-state index contributed by atoms with van der Waals surface area (Å²) < 4.78 is 17.1. The van der Waals surface area contributed by atoms with Crippen LogP contribution in [-0.2, 0) is 4.79 Å². The summed E-state index contributed by atoms with van der Waals surface area (Å²) in [4.78, 5) is 14.4. The lowest BCUT2D eigenvalue weighted by molar-refractivity contribution is -0.121. The van der Waals surface area contributed by atoms with Gasteiger partial charge >= 0.3 is 0 Å². The second kappa shape index (κ2) is 6.18. The molecule has 1 fully saturated rings. The van der Waals surface area contributed by atoms with Gasteiger partial charge in [0, 0.05) is 6.54 Å². The van der Waals surface area contributed by atoms with E-state index in [9.17, 15) is 4.79 Å². The summed E-state index contributed by atoms with van der Waals surface area (Å²) in [5.41, 5.74) is 0.817. The second-order valence-electron chi connectivity index (χ2n) is 4.67. The summed E-state index contributed by atoms with van der Waals surface area (Å²) in [5, 5.41) is 0. The molecule has 2 aliphatic heterocycles. The fraction of sp³-hybridized carbons (Fsp3) is 0.333. The number of rotatable bonds is 3. The van der Waals surface area contributed by atoms with E-state index in [-0.39, 0.29) is 5.91 Å². The Balaban J connectivity index is 1.97. The minimum Gasteiger partial charge on any atom is -0.493 e. The third-order valence-electron chi connectivity index (χ3n) is 3.34. The van der Waals surface area contributed by atoms with Gasteiger partial charge in [0.1, 0.15) is 17.5 Å². The third kappa shape index (κ3) is 2.66. The third-order valence-corrected chi connectivity index (χ3v) is 4.72. The summed E-state index contributed by atoms with van der Waals surface area (Å²) in [6.07, 6.45) is 1.80. The number of hydrogen-bond acceptors (Lipinski definition) is 6. The summed E-state index contributed by atoms with van der Waals surface area (Å²) in [7, 11) is 1.58. The Labute approximate surface area is 138 Å². The van der Waals surface area contributed by atoms with Gasteiger partial charge in [0.15, 0.2) is 11.5 Å². The number of methoxy groups -OCH3 is 1. The van der Waals surface area contributed by atoms with Crippen molar-refractivity contribution in [3.05, 3.63) is 22.6 Å². The average Bonchev–Trinajstić information content (AvgIpc) is 2.80. The Morgan fingerprint density at radius 1 is 1.41 bits per heavy atom. The summed E-state index contributed by atoms with van der Waals surface area (Å²) in [5.74, 6) is 1.76. The van der Waals surface area contributed by atoms with Gasteiger partial charge in [0.05, 0.1) is 12.0 Å². The van der Waals surface area contributed by atoms with Gasteiger partial charge in [-0.3, -0.25) is 9.69 Å². The molecule has 0 bridgehead atoms. The van der Waals surface area contributed by atoms with Crippen LogP contribution in [0.4, 0.5) is 0 Å². The number of carbonyl (C=O) groups is 1. The zero-order chi connectivity index (χ0) is 15.7. The van der Waals surface area contributed by atoms with Gasteiger partial charge in [-0.15, -0.1) is 0 Å². The van der Waals surface area contributed by atoms with Crippen molar-refractivity contribution in [2.75, 3.05) is 26.9 Å². The van der Waals surface area contributed by atoms with Gasteiger partial charge in [-0.2, -0.15) is 0 Å². The van der Waals surface area contributed by atoms with Gasteiger partial charge in [-0.1, -0.05) is 24.0 Å². The molecule has 2 aliphatic rings. The normalized spacial score (nSPS) is 19.0. The van der Waals surface area contributed by atoms with E-state index in [1.807, 2.05) is 19.1 Å². The average molecular weight is 337 g/mol. The number of carbonyl (C=O) groups excluding carboxylic acids is 1. The number of ether oxygens (including phenoxy) is 3. The van der Waals surface area contributed by atoms with E-state index in [1.165, 1.54) is 11.8 Å². The molecule has 0 aliphatic carbocycles. The highest BCUT2D eigenvalue weighted by Gasteiger charge is 2.30. The first-order chi connectivity index (χ1) is 10.6. The highest BCUT2D eigenvalue weighted by molar-refractivity contribution is 8.26. The quantitative estimate of drug-likeness (QED) is 0.624. The van der Waals surface area contributed by atoms with Crippen LogP contribution in [0.5, 0.6) is 17.2 Å². The van der Waals surface area contributed by atoms with Gasteiger partial charge < -0.3 is 14.2 Å². The SMILES string of the molecule is CCN1C(=O)/C(=C/c2cc(OC)c3c(c2)OCCO3)SC1=S. The molecule has 0 atom stereocenters. The number of nitrogens with zero attached hydrogens (tertiary/aromatic N) is 1. The number of benzene rings is 1. The van der Waals surface area contributed by atoms with Gasteiger partial charge in [-0.25, -0.2) is 0 Å². The van der Waals surface area contributed by atoms with Crippen LogP contribution in [0.15, 0.2) is 17.0 Å². The Morgan fingerprint density at radius 3 is 2.86 bits per heavy atom. The molecule has 1 amide bonds. The molecule has 22 heavy (non-hydrogen) atoms. The molecule has 7 heteroatoms. The molecule has 1 aromatic carbocycles. The Morgan fingerprint density at radius 2 is 2.18 bits per heavy atom. The van der Waals surface area contributed by atoms with Crippen molar-refractivity contribution in [3.8, 4) is 17.2 Å². The summed E-state index contributed by atoms with van der Waals surface area (Å²) in [6, 6.07) is 3.67. The van der Waals surface area contributed by atoms with Gasteiger partial charge in [0.25, 0.3) is 5.91 Å². The van der Waals surface area contributed by atoms with E-state index >= 15 is 0 Å². The molecule has 0 N–H and O–H groups in total. The lowest BCUT2D eigenvalue weighted by atomic mass is 10.1. The fourth-order valence-corrected chi connectivity index (χ4v) is 3.68. The Hall–Kier alpha value is -1.73. The fourth-order valence-electron chi connectivity index (χ4n) is 2.30. The lowest BCUT2D eigenvalue weighted by Crippen LogP contribution is -2.27. The minimum atomic E-state index is -0.0636. The maximum Gasteiger partial charge on any atom is 0.266 e. The standard InChI is InChI=1S/C15H15NO4S2/c1-3-16-14(17)12(22-15(16)21)8-9-6-10(18-2)13-11(7-9)19-4-5-20-13/h6-8H,3-5H2,1-2H3/b12-8-. The molecule has 0 radical (unpaired) electrons. The molecule has 0 aromatic heterocycles. The highest BCUT2D eigenvalue weighted by Crippen LogP contribution is 2.41. The van der Waals surface area contributed by atoms with Crippen molar-refractivity contribution in [2.24, 2.45) is 0 Å². The summed E-state index contributed by atoms with van der Waals surface area (Å²) in [6.45, 7) is 3.47. The topological polar surface area (TPSA) is 48.0 Å². The molecule has 1 saturated heterocycles. The van der Waals surface area contributed by atoms with Crippen molar-refractivity contribution in [1.82, 2.24) is 4.90 Å². The van der Waals surface area contributed by atoms with E-state index in [4.69, 9.17) is 26.4 Å². The van der Waals surface area contributed by atoms with E-state index in [1.54, 1.807) is 18.1 Å². The molecule has 0 saturated carbocycles. The van der Waals surface area contributed by atoms with E-state index in [0.29, 0.717) is 46.2 Å². The highest BCUT2D eigenvalue weighted by atomic mass is 32.2. The molecular formula is C15H15NO4S2.